The normalized spacial score (nSPS) is 12.8. The standard InChI is InChI=1S/C13H15NO3S/c1-8(6-14)18-7-9-4-13(16)17-12-5-10(15)2-3-11(9)12/h2-5,8,15H,6-7,14H2,1H3. The smallest absolute Gasteiger partial charge is 0.336 e. The van der Waals surface area contributed by atoms with E-state index in [1.165, 1.54) is 12.1 Å². The molecule has 1 unspecified atom stereocenters. The van der Waals surface area contributed by atoms with Crippen molar-refractivity contribution in [3.05, 3.63) is 40.2 Å². The zero-order valence-corrected chi connectivity index (χ0v) is 10.9. The number of benzene rings is 1. The molecule has 1 atom stereocenters. The van der Waals surface area contributed by atoms with Gasteiger partial charge in [-0.1, -0.05) is 6.92 Å². The van der Waals surface area contributed by atoms with Gasteiger partial charge in [0, 0.05) is 35.1 Å². The van der Waals surface area contributed by atoms with Gasteiger partial charge in [-0.3, -0.25) is 0 Å². The first-order valence-corrected chi connectivity index (χ1v) is 6.72. The second kappa shape index (κ2) is 5.46. The Bertz CT molecular complexity index is 609. The van der Waals surface area contributed by atoms with Crippen LogP contribution in [0.1, 0.15) is 12.5 Å². The molecule has 0 spiro atoms. The average molecular weight is 265 g/mol. The first-order chi connectivity index (χ1) is 8.60. The van der Waals surface area contributed by atoms with E-state index in [4.69, 9.17) is 10.2 Å². The molecule has 1 aromatic heterocycles. The molecule has 0 amide bonds. The minimum Gasteiger partial charge on any atom is -0.508 e. The van der Waals surface area contributed by atoms with Crippen LogP contribution in [-0.4, -0.2) is 16.9 Å². The zero-order valence-electron chi connectivity index (χ0n) is 10.1. The lowest BCUT2D eigenvalue weighted by atomic mass is 10.1. The summed E-state index contributed by atoms with van der Waals surface area (Å²) >= 11 is 1.69. The van der Waals surface area contributed by atoms with Crippen LogP contribution in [0.25, 0.3) is 11.0 Å². The minimum absolute atomic E-state index is 0.0887. The highest BCUT2D eigenvalue weighted by Crippen LogP contribution is 2.25. The van der Waals surface area contributed by atoms with E-state index in [1.54, 1.807) is 23.9 Å². The molecule has 3 N–H and O–H groups in total. The Labute approximate surface area is 109 Å². The van der Waals surface area contributed by atoms with Crippen LogP contribution in [0.3, 0.4) is 0 Å². The van der Waals surface area contributed by atoms with E-state index in [1.807, 2.05) is 6.92 Å². The monoisotopic (exact) mass is 265 g/mol. The predicted octanol–water partition coefficient (Wildman–Crippen LogP) is 2.08. The fourth-order valence-corrected chi connectivity index (χ4v) is 2.48. The Morgan fingerprint density at radius 1 is 1.44 bits per heavy atom. The summed E-state index contributed by atoms with van der Waals surface area (Å²) in [4.78, 5) is 11.4. The van der Waals surface area contributed by atoms with E-state index in [2.05, 4.69) is 0 Å². The Kier molecular flexibility index (Phi) is 3.93. The molecule has 5 heteroatoms. The SMILES string of the molecule is CC(CN)SCc1cc(=O)oc2cc(O)ccc12. The van der Waals surface area contributed by atoms with Crippen LogP contribution in [-0.2, 0) is 5.75 Å². The molecule has 18 heavy (non-hydrogen) atoms. The van der Waals surface area contributed by atoms with Crippen molar-refractivity contribution in [1.82, 2.24) is 0 Å². The van der Waals surface area contributed by atoms with Gasteiger partial charge in [0.15, 0.2) is 0 Å². The minimum atomic E-state index is -0.399. The summed E-state index contributed by atoms with van der Waals surface area (Å²) in [6.07, 6.45) is 0. The first kappa shape index (κ1) is 13.0. The third kappa shape index (κ3) is 2.86. The highest BCUT2D eigenvalue weighted by atomic mass is 32.2. The molecular weight excluding hydrogens is 250 g/mol. The molecule has 1 heterocycles. The van der Waals surface area contributed by atoms with Crippen LogP contribution < -0.4 is 11.4 Å². The van der Waals surface area contributed by atoms with Crippen molar-refractivity contribution in [2.45, 2.75) is 17.9 Å². The molecule has 0 bridgehead atoms. The number of thioether (sulfide) groups is 1. The lowest BCUT2D eigenvalue weighted by Crippen LogP contribution is -2.13. The molecule has 0 aliphatic rings. The van der Waals surface area contributed by atoms with E-state index >= 15 is 0 Å². The molecule has 0 aliphatic heterocycles. The molecule has 1 aromatic carbocycles. The molecule has 2 aromatic rings. The Morgan fingerprint density at radius 2 is 2.22 bits per heavy atom. The van der Waals surface area contributed by atoms with Gasteiger partial charge in [0.25, 0.3) is 0 Å². The zero-order chi connectivity index (χ0) is 13.1. The van der Waals surface area contributed by atoms with Crippen LogP contribution in [0.4, 0.5) is 0 Å². The summed E-state index contributed by atoms with van der Waals surface area (Å²) in [7, 11) is 0. The topological polar surface area (TPSA) is 76.5 Å². The van der Waals surface area contributed by atoms with Crippen molar-refractivity contribution < 1.29 is 9.52 Å². The fourth-order valence-electron chi connectivity index (χ4n) is 1.64. The maximum absolute atomic E-state index is 11.4. The van der Waals surface area contributed by atoms with Gasteiger partial charge in [-0.2, -0.15) is 11.8 Å². The van der Waals surface area contributed by atoms with Crippen molar-refractivity contribution in [2.75, 3.05) is 6.54 Å². The molecule has 2 rings (SSSR count). The number of phenolic OH excluding ortho intramolecular Hbond substituents is 1. The highest BCUT2D eigenvalue weighted by Gasteiger charge is 2.08. The number of rotatable bonds is 4. The maximum Gasteiger partial charge on any atom is 0.336 e. The number of hydrogen-bond donors (Lipinski definition) is 2. The molecule has 4 nitrogen and oxygen atoms in total. The van der Waals surface area contributed by atoms with Crippen LogP contribution in [0, 0.1) is 0 Å². The van der Waals surface area contributed by atoms with Crippen LogP contribution in [0.2, 0.25) is 0 Å². The van der Waals surface area contributed by atoms with Crippen molar-refractivity contribution in [1.29, 1.82) is 0 Å². The number of fused-ring (bicyclic) bond motifs is 1. The van der Waals surface area contributed by atoms with Gasteiger partial charge in [-0.15, -0.1) is 0 Å². The van der Waals surface area contributed by atoms with Gasteiger partial charge in [0.05, 0.1) is 0 Å². The average Bonchev–Trinajstić information content (AvgIpc) is 2.34. The summed E-state index contributed by atoms with van der Waals surface area (Å²) in [6, 6.07) is 6.30. The molecule has 0 aliphatic carbocycles. The van der Waals surface area contributed by atoms with Gasteiger partial charge < -0.3 is 15.3 Å². The van der Waals surface area contributed by atoms with Crippen molar-refractivity contribution in [2.24, 2.45) is 5.73 Å². The van der Waals surface area contributed by atoms with E-state index in [-0.39, 0.29) is 5.75 Å². The lowest BCUT2D eigenvalue weighted by molar-refractivity contribution is 0.473. The van der Waals surface area contributed by atoms with E-state index in [0.29, 0.717) is 23.1 Å². The number of nitrogens with two attached hydrogens (primary N) is 1. The number of phenols is 1. The van der Waals surface area contributed by atoms with Crippen molar-refractivity contribution in [3.8, 4) is 5.75 Å². The van der Waals surface area contributed by atoms with E-state index in [9.17, 15) is 9.90 Å². The summed E-state index contributed by atoms with van der Waals surface area (Å²) in [5, 5.41) is 10.6. The molecule has 0 radical (unpaired) electrons. The second-order valence-corrected chi connectivity index (χ2v) is 5.56. The van der Waals surface area contributed by atoms with Gasteiger partial charge in [0.1, 0.15) is 11.3 Å². The maximum atomic E-state index is 11.4. The van der Waals surface area contributed by atoms with Crippen molar-refractivity contribution >= 4 is 22.7 Å². The van der Waals surface area contributed by atoms with Crippen LogP contribution in [0.15, 0.2) is 33.5 Å². The predicted molar refractivity (Wildman–Crippen MR) is 74.0 cm³/mol. The third-order valence-corrected chi connectivity index (χ3v) is 3.91. The van der Waals surface area contributed by atoms with Gasteiger partial charge in [-0.05, 0) is 17.7 Å². The number of hydrogen-bond acceptors (Lipinski definition) is 5. The first-order valence-electron chi connectivity index (χ1n) is 5.67. The summed E-state index contributed by atoms with van der Waals surface area (Å²) in [5.74, 6) is 0.788. The summed E-state index contributed by atoms with van der Waals surface area (Å²) < 4.78 is 5.07. The fraction of sp³-hybridized carbons (Fsp3) is 0.308. The Balaban J connectivity index is 2.40. The third-order valence-electron chi connectivity index (χ3n) is 2.67. The van der Waals surface area contributed by atoms with Gasteiger partial charge in [-0.25, -0.2) is 4.79 Å². The van der Waals surface area contributed by atoms with Gasteiger partial charge in [0.2, 0.25) is 0 Å². The van der Waals surface area contributed by atoms with E-state index < -0.39 is 5.63 Å². The lowest BCUT2D eigenvalue weighted by Gasteiger charge is -2.09. The largest absolute Gasteiger partial charge is 0.508 e. The molecule has 0 fully saturated rings. The van der Waals surface area contributed by atoms with Gasteiger partial charge >= 0.3 is 5.63 Å². The van der Waals surface area contributed by atoms with Crippen LogP contribution >= 0.6 is 11.8 Å². The summed E-state index contributed by atoms with van der Waals surface area (Å²) in [5.41, 5.74) is 6.49. The molecular formula is C13H15NO3S. The van der Waals surface area contributed by atoms with Crippen LogP contribution in [0.5, 0.6) is 5.75 Å². The van der Waals surface area contributed by atoms with E-state index in [0.717, 1.165) is 10.9 Å². The summed E-state index contributed by atoms with van der Waals surface area (Å²) in [6.45, 7) is 2.65. The molecule has 0 saturated heterocycles. The molecule has 0 saturated carbocycles. The quantitative estimate of drug-likeness (QED) is 0.828. The highest BCUT2D eigenvalue weighted by molar-refractivity contribution is 7.99. The van der Waals surface area contributed by atoms with Crippen molar-refractivity contribution in [3.63, 3.8) is 0 Å². The Hall–Kier alpha value is -1.46. The molecule has 96 valence electrons. The Morgan fingerprint density at radius 3 is 2.94 bits per heavy atom. The second-order valence-electron chi connectivity index (χ2n) is 4.13. The number of aromatic hydroxyl groups is 1.